The Morgan fingerprint density at radius 3 is 2.95 bits per heavy atom. The lowest BCUT2D eigenvalue weighted by molar-refractivity contribution is 0.154. The van der Waals surface area contributed by atoms with Crippen LogP contribution in [0.25, 0.3) is 11.0 Å². The Morgan fingerprint density at radius 2 is 2.15 bits per heavy atom. The van der Waals surface area contributed by atoms with Crippen molar-refractivity contribution in [2.24, 2.45) is 11.7 Å². The number of halogens is 1. The fraction of sp³-hybridized carbons (Fsp3) is 0.500. The third kappa shape index (κ3) is 3.54. The molecule has 4 heteroatoms. The molecule has 2 aromatic rings. The average molecular weight is 295 g/mol. The van der Waals surface area contributed by atoms with E-state index in [-0.39, 0.29) is 12.4 Å². The van der Waals surface area contributed by atoms with E-state index in [0.29, 0.717) is 0 Å². The Morgan fingerprint density at radius 1 is 1.30 bits per heavy atom. The molecule has 0 aliphatic carbocycles. The number of furan rings is 1. The maximum atomic E-state index is 5.90. The molecule has 1 saturated heterocycles. The Kier molecular flexibility index (Phi) is 5.46. The molecule has 1 aromatic heterocycles. The standard InChI is InChI=1S/C16H22N2O.ClH/c17-8-7-13-4-3-9-18(11-13)12-15-10-14-5-1-2-6-16(14)19-15;/h1-2,5-6,10,13H,3-4,7-9,11-12,17H2;1H. The molecular weight excluding hydrogens is 272 g/mol. The van der Waals surface area contributed by atoms with Crippen LogP contribution in [0, 0.1) is 5.92 Å². The van der Waals surface area contributed by atoms with E-state index in [1.165, 1.54) is 24.8 Å². The van der Waals surface area contributed by atoms with Crippen LogP contribution in [0.3, 0.4) is 0 Å². The highest BCUT2D eigenvalue weighted by Crippen LogP contribution is 2.24. The second-order valence-corrected chi connectivity index (χ2v) is 5.57. The van der Waals surface area contributed by atoms with E-state index in [2.05, 4.69) is 23.1 Å². The van der Waals surface area contributed by atoms with Crippen LogP contribution in [0.2, 0.25) is 0 Å². The summed E-state index contributed by atoms with van der Waals surface area (Å²) >= 11 is 0. The van der Waals surface area contributed by atoms with Crippen LogP contribution < -0.4 is 5.73 Å². The van der Waals surface area contributed by atoms with Gasteiger partial charge in [-0.25, -0.2) is 0 Å². The molecular formula is C16H23ClN2O. The first-order valence-corrected chi connectivity index (χ1v) is 7.25. The molecule has 3 rings (SSSR count). The molecule has 0 saturated carbocycles. The van der Waals surface area contributed by atoms with E-state index in [1.807, 2.05) is 12.1 Å². The SMILES string of the molecule is Cl.NCCC1CCCN(Cc2cc3ccccc3o2)C1. The topological polar surface area (TPSA) is 42.4 Å². The summed E-state index contributed by atoms with van der Waals surface area (Å²) in [5, 5.41) is 1.20. The zero-order chi connectivity index (χ0) is 13.1. The number of fused-ring (bicyclic) bond motifs is 1. The number of nitrogens with two attached hydrogens (primary N) is 1. The highest BCUT2D eigenvalue weighted by Gasteiger charge is 2.20. The summed E-state index contributed by atoms with van der Waals surface area (Å²) in [5.41, 5.74) is 6.66. The van der Waals surface area contributed by atoms with Crippen LogP contribution in [0.5, 0.6) is 0 Å². The minimum absolute atomic E-state index is 0. The summed E-state index contributed by atoms with van der Waals surface area (Å²) in [6.07, 6.45) is 3.76. The molecule has 1 atom stereocenters. The van der Waals surface area contributed by atoms with Crippen molar-refractivity contribution in [1.82, 2.24) is 4.90 Å². The van der Waals surface area contributed by atoms with Crippen molar-refractivity contribution < 1.29 is 4.42 Å². The molecule has 0 radical (unpaired) electrons. The van der Waals surface area contributed by atoms with Gasteiger partial charge in [-0.1, -0.05) is 18.2 Å². The fourth-order valence-corrected chi connectivity index (χ4v) is 3.10. The van der Waals surface area contributed by atoms with Gasteiger partial charge in [0.15, 0.2) is 0 Å². The Bertz CT molecular complexity index is 505. The van der Waals surface area contributed by atoms with E-state index in [4.69, 9.17) is 10.2 Å². The van der Waals surface area contributed by atoms with Gasteiger partial charge in [0.1, 0.15) is 11.3 Å². The fourth-order valence-electron chi connectivity index (χ4n) is 3.10. The minimum Gasteiger partial charge on any atom is -0.460 e. The molecule has 2 heterocycles. The van der Waals surface area contributed by atoms with E-state index in [1.54, 1.807) is 0 Å². The van der Waals surface area contributed by atoms with Crippen molar-refractivity contribution in [2.45, 2.75) is 25.8 Å². The smallest absolute Gasteiger partial charge is 0.134 e. The maximum Gasteiger partial charge on any atom is 0.134 e. The molecule has 2 N–H and O–H groups in total. The molecule has 0 bridgehead atoms. The molecule has 0 amide bonds. The first-order valence-electron chi connectivity index (χ1n) is 7.25. The Labute approximate surface area is 126 Å². The van der Waals surface area contributed by atoms with Gasteiger partial charge in [-0.05, 0) is 50.4 Å². The summed E-state index contributed by atoms with van der Waals surface area (Å²) in [7, 11) is 0. The van der Waals surface area contributed by atoms with E-state index < -0.39 is 0 Å². The highest BCUT2D eigenvalue weighted by molar-refractivity contribution is 5.85. The monoisotopic (exact) mass is 294 g/mol. The van der Waals surface area contributed by atoms with Crippen LogP contribution in [-0.2, 0) is 6.54 Å². The van der Waals surface area contributed by atoms with Crippen molar-refractivity contribution in [3.8, 4) is 0 Å². The molecule has 1 aliphatic heterocycles. The summed E-state index contributed by atoms with van der Waals surface area (Å²) in [4.78, 5) is 2.50. The number of nitrogens with zero attached hydrogens (tertiary/aromatic N) is 1. The minimum atomic E-state index is 0. The first kappa shape index (κ1) is 15.4. The third-order valence-electron chi connectivity index (χ3n) is 4.03. The Balaban J connectivity index is 0.00000147. The lowest BCUT2D eigenvalue weighted by Crippen LogP contribution is -2.35. The number of hydrogen-bond acceptors (Lipinski definition) is 3. The molecule has 3 nitrogen and oxygen atoms in total. The van der Waals surface area contributed by atoms with Crippen molar-refractivity contribution in [1.29, 1.82) is 0 Å². The van der Waals surface area contributed by atoms with Crippen LogP contribution >= 0.6 is 12.4 Å². The molecule has 0 spiro atoms. The average Bonchev–Trinajstić information content (AvgIpc) is 2.81. The van der Waals surface area contributed by atoms with Crippen LogP contribution in [0.1, 0.15) is 25.0 Å². The summed E-state index contributed by atoms with van der Waals surface area (Å²) < 4.78 is 5.90. The molecule has 20 heavy (non-hydrogen) atoms. The van der Waals surface area contributed by atoms with Crippen molar-refractivity contribution in [3.05, 3.63) is 36.1 Å². The molecule has 1 aliphatic rings. The zero-order valence-corrected chi connectivity index (χ0v) is 12.6. The van der Waals surface area contributed by atoms with Gasteiger partial charge < -0.3 is 10.2 Å². The quantitative estimate of drug-likeness (QED) is 0.939. The summed E-state index contributed by atoms with van der Waals surface area (Å²) in [5.74, 6) is 1.85. The summed E-state index contributed by atoms with van der Waals surface area (Å²) in [6.45, 7) is 4.07. The number of likely N-dealkylation sites (tertiary alicyclic amines) is 1. The zero-order valence-electron chi connectivity index (χ0n) is 11.8. The summed E-state index contributed by atoms with van der Waals surface area (Å²) in [6, 6.07) is 10.4. The van der Waals surface area contributed by atoms with Crippen LogP contribution in [-0.4, -0.2) is 24.5 Å². The van der Waals surface area contributed by atoms with Gasteiger partial charge in [-0.15, -0.1) is 12.4 Å². The second kappa shape index (κ2) is 7.11. The molecule has 1 unspecified atom stereocenters. The first-order chi connectivity index (χ1) is 9.35. The lowest BCUT2D eigenvalue weighted by Gasteiger charge is -2.31. The van der Waals surface area contributed by atoms with Gasteiger partial charge in [0.25, 0.3) is 0 Å². The van der Waals surface area contributed by atoms with Gasteiger partial charge in [0.2, 0.25) is 0 Å². The van der Waals surface area contributed by atoms with Crippen molar-refractivity contribution >= 4 is 23.4 Å². The number of piperidine rings is 1. The highest BCUT2D eigenvalue weighted by atomic mass is 35.5. The molecule has 1 fully saturated rings. The second-order valence-electron chi connectivity index (χ2n) is 5.57. The third-order valence-corrected chi connectivity index (χ3v) is 4.03. The van der Waals surface area contributed by atoms with Gasteiger partial charge in [0, 0.05) is 11.9 Å². The number of benzene rings is 1. The lowest BCUT2D eigenvalue weighted by atomic mass is 9.95. The van der Waals surface area contributed by atoms with Crippen LogP contribution in [0.15, 0.2) is 34.7 Å². The largest absolute Gasteiger partial charge is 0.460 e. The van der Waals surface area contributed by atoms with Crippen molar-refractivity contribution in [2.75, 3.05) is 19.6 Å². The number of rotatable bonds is 4. The maximum absolute atomic E-state index is 5.90. The van der Waals surface area contributed by atoms with E-state index in [9.17, 15) is 0 Å². The van der Waals surface area contributed by atoms with Gasteiger partial charge in [0.05, 0.1) is 6.54 Å². The van der Waals surface area contributed by atoms with Gasteiger partial charge in [-0.2, -0.15) is 0 Å². The van der Waals surface area contributed by atoms with Gasteiger partial charge >= 0.3 is 0 Å². The van der Waals surface area contributed by atoms with Gasteiger partial charge in [-0.3, -0.25) is 4.90 Å². The molecule has 110 valence electrons. The van der Waals surface area contributed by atoms with E-state index in [0.717, 1.165) is 43.3 Å². The predicted octanol–water partition coefficient (Wildman–Crippen LogP) is 3.42. The van der Waals surface area contributed by atoms with E-state index >= 15 is 0 Å². The number of para-hydroxylation sites is 1. The van der Waals surface area contributed by atoms with Crippen molar-refractivity contribution in [3.63, 3.8) is 0 Å². The predicted molar refractivity (Wildman–Crippen MR) is 85.1 cm³/mol. The Hall–Kier alpha value is -1.03. The molecule has 1 aromatic carbocycles. The van der Waals surface area contributed by atoms with Crippen LogP contribution in [0.4, 0.5) is 0 Å². The normalized spacial score (nSPS) is 19.9. The number of hydrogen-bond donors (Lipinski definition) is 1.